The Morgan fingerprint density at radius 3 is 2.55 bits per heavy atom. The van der Waals surface area contributed by atoms with Gasteiger partial charge in [0.05, 0.1) is 23.0 Å². The van der Waals surface area contributed by atoms with Crippen LogP contribution < -0.4 is 10.2 Å². The molecule has 0 saturated carbocycles. The number of nitrogens with one attached hydrogen (secondary N) is 1. The van der Waals surface area contributed by atoms with Crippen molar-refractivity contribution in [3.05, 3.63) is 69.2 Å². The highest BCUT2D eigenvalue weighted by Gasteiger charge is 2.52. The third-order valence-corrected chi connectivity index (χ3v) is 8.11. The molecular weight excluding hydrogens is 457 g/mol. The van der Waals surface area contributed by atoms with Crippen LogP contribution in [0.4, 0.5) is 0 Å². The average Bonchev–Trinajstić information content (AvgIpc) is 3.15. The van der Waals surface area contributed by atoms with Crippen molar-refractivity contribution in [3.63, 3.8) is 0 Å². The van der Waals surface area contributed by atoms with Gasteiger partial charge in [-0.3, -0.25) is 0 Å². The van der Waals surface area contributed by atoms with E-state index in [4.69, 9.17) is 27.9 Å². The summed E-state index contributed by atoms with van der Waals surface area (Å²) in [5.41, 5.74) is 6.82. The Balaban J connectivity index is 1.55. The van der Waals surface area contributed by atoms with E-state index < -0.39 is 15.7 Å². The predicted molar refractivity (Wildman–Crippen MR) is 122 cm³/mol. The van der Waals surface area contributed by atoms with Gasteiger partial charge in [0.15, 0.2) is 5.72 Å². The van der Waals surface area contributed by atoms with Crippen molar-refractivity contribution in [1.29, 1.82) is 0 Å². The fourth-order valence-corrected chi connectivity index (χ4v) is 6.02. The molecule has 0 amide bonds. The van der Waals surface area contributed by atoms with E-state index in [1.165, 1.54) is 10.6 Å². The number of hydrogen-bond acceptors (Lipinski definition) is 5. The maximum Gasteiger partial charge on any atom is 0.211 e. The summed E-state index contributed by atoms with van der Waals surface area (Å²) in [6.07, 6.45) is 4.50. The Bertz CT molecular complexity index is 1190. The van der Waals surface area contributed by atoms with Gasteiger partial charge in [-0.15, -0.1) is 0 Å². The van der Waals surface area contributed by atoms with Crippen LogP contribution in [0.15, 0.2) is 42.5 Å². The number of halogens is 2. The van der Waals surface area contributed by atoms with E-state index in [9.17, 15) is 8.42 Å². The lowest BCUT2D eigenvalue weighted by Crippen LogP contribution is -2.64. The van der Waals surface area contributed by atoms with Crippen LogP contribution in [0.1, 0.15) is 35.6 Å². The van der Waals surface area contributed by atoms with Crippen LogP contribution >= 0.6 is 23.2 Å². The first-order valence-corrected chi connectivity index (χ1v) is 12.7. The minimum absolute atomic E-state index is 0.0600. The topological polar surface area (TPSA) is 61.9 Å². The minimum atomic E-state index is -3.24. The van der Waals surface area contributed by atoms with Crippen LogP contribution in [0.3, 0.4) is 0 Å². The van der Waals surface area contributed by atoms with Crippen LogP contribution in [0.5, 0.6) is 5.75 Å². The van der Waals surface area contributed by atoms with Crippen molar-refractivity contribution < 1.29 is 13.2 Å². The molecule has 1 saturated heterocycles. The number of ether oxygens (including phenoxy) is 1. The lowest BCUT2D eigenvalue weighted by Gasteiger charge is -2.51. The first kappa shape index (κ1) is 21.1. The quantitative estimate of drug-likeness (QED) is 0.693. The molecule has 1 fully saturated rings. The number of rotatable bonds is 2. The van der Waals surface area contributed by atoms with E-state index in [-0.39, 0.29) is 6.04 Å². The van der Waals surface area contributed by atoms with Gasteiger partial charge < -0.3 is 10.2 Å². The molecule has 0 aromatic heterocycles. The van der Waals surface area contributed by atoms with Crippen molar-refractivity contribution in [1.82, 2.24) is 14.7 Å². The molecule has 0 bridgehead atoms. The molecule has 0 radical (unpaired) electrons. The molecule has 1 N–H and O–H groups in total. The average molecular weight is 480 g/mol. The minimum Gasteiger partial charge on any atom is -0.470 e. The van der Waals surface area contributed by atoms with E-state index in [0.29, 0.717) is 36.0 Å². The van der Waals surface area contributed by atoms with Crippen LogP contribution in [0.25, 0.3) is 5.70 Å². The molecule has 5 rings (SSSR count). The Labute approximate surface area is 192 Å². The number of piperidine rings is 1. The van der Waals surface area contributed by atoms with Crippen LogP contribution in [0.2, 0.25) is 10.0 Å². The van der Waals surface area contributed by atoms with Gasteiger partial charge in [-0.2, -0.15) is 5.01 Å². The van der Waals surface area contributed by atoms with Gasteiger partial charge in [0.25, 0.3) is 0 Å². The smallest absolute Gasteiger partial charge is 0.211 e. The second kappa shape index (κ2) is 7.39. The van der Waals surface area contributed by atoms with Crippen molar-refractivity contribution >= 4 is 38.9 Å². The summed E-state index contributed by atoms with van der Waals surface area (Å²) < 4.78 is 32.2. The van der Waals surface area contributed by atoms with Crippen molar-refractivity contribution in [2.75, 3.05) is 19.3 Å². The third kappa shape index (κ3) is 3.62. The highest BCUT2D eigenvalue weighted by molar-refractivity contribution is 7.88. The Morgan fingerprint density at radius 1 is 1.13 bits per heavy atom. The molecule has 164 valence electrons. The zero-order chi connectivity index (χ0) is 22.0. The summed E-state index contributed by atoms with van der Waals surface area (Å²) >= 11 is 12.6. The lowest BCUT2D eigenvalue weighted by atomic mass is 9.93. The summed E-state index contributed by atoms with van der Waals surface area (Å²) in [6, 6.07) is 11.6. The highest BCUT2D eigenvalue weighted by Crippen LogP contribution is 2.49. The molecule has 0 unspecified atom stereocenters. The fourth-order valence-electron chi connectivity index (χ4n) is 4.67. The van der Waals surface area contributed by atoms with Gasteiger partial charge in [0, 0.05) is 42.1 Å². The fraction of sp³-hybridized carbons (Fsp3) is 0.364. The van der Waals surface area contributed by atoms with E-state index >= 15 is 0 Å². The number of fused-ring (bicyclic) bond motifs is 4. The monoisotopic (exact) mass is 479 g/mol. The first-order chi connectivity index (χ1) is 14.7. The molecule has 6 nitrogen and oxygen atoms in total. The largest absolute Gasteiger partial charge is 0.470 e. The number of sulfonamides is 1. The number of benzene rings is 2. The standard InChI is InChI=1S/C22H23Cl2N3O3S/c1-14-3-6-21-17(11-14)20-13-19(16-5-4-15(23)12-18(16)24)25-27(20)22(30-21)7-9-26(10-8-22)31(2,28)29/h3-6,11-13,20,25H,7-10H2,1-2H3/t20-/m1/s1. The molecule has 31 heavy (non-hydrogen) atoms. The number of nitrogens with zero attached hydrogens (tertiary/aromatic N) is 2. The Kier molecular flexibility index (Phi) is 5.03. The second-order valence-electron chi connectivity index (χ2n) is 8.38. The van der Waals surface area contributed by atoms with Crippen molar-refractivity contribution in [2.24, 2.45) is 0 Å². The molecule has 0 aliphatic carbocycles. The highest BCUT2D eigenvalue weighted by atomic mass is 35.5. The van der Waals surface area contributed by atoms with Crippen molar-refractivity contribution in [3.8, 4) is 5.75 Å². The van der Waals surface area contributed by atoms with Gasteiger partial charge in [-0.25, -0.2) is 12.7 Å². The lowest BCUT2D eigenvalue weighted by molar-refractivity contribution is -0.153. The van der Waals surface area contributed by atoms with Gasteiger partial charge in [-0.05, 0) is 37.3 Å². The first-order valence-electron chi connectivity index (χ1n) is 10.1. The Hall–Kier alpha value is -1.77. The molecule has 3 aliphatic rings. The van der Waals surface area contributed by atoms with E-state index in [1.54, 1.807) is 6.07 Å². The number of aryl methyl sites for hydroxylation is 1. The van der Waals surface area contributed by atoms with Crippen molar-refractivity contribution in [2.45, 2.75) is 31.5 Å². The zero-order valence-corrected chi connectivity index (χ0v) is 19.6. The van der Waals surface area contributed by atoms with E-state index in [2.05, 4.69) is 29.5 Å². The molecule has 2 aromatic rings. The van der Waals surface area contributed by atoms with Crippen LogP contribution in [-0.2, 0) is 10.0 Å². The molecule has 1 spiro atoms. The molecule has 1 atom stereocenters. The summed E-state index contributed by atoms with van der Waals surface area (Å²) in [5.74, 6) is 0.834. The SMILES string of the molecule is Cc1ccc2c(c1)[C@H]1C=C(c3ccc(Cl)cc3Cl)NN1C1(CCN(S(C)(=O)=O)CC1)O2. The van der Waals surface area contributed by atoms with Crippen LogP contribution in [-0.4, -0.2) is 42.8 Å². The van der Waals surface area contributed by atoms with E-state index in [1.807, 2.05) is 24.3 Å². The maximum atomic E-state index is 12.0. The van der Waals surface area contributed by atoms with Gasteiger partial charge >= 0.3 is 0 Å². The molecule has 3 aliphatic heterocycles. The molecule has 9 heteroatoms. The summed E-state index contributed by atoms with van der Waals surface area (Å²) in [6.45, 7) is 2.87. The summed E-state index contributed by atoms with van der Waals surface area (Å²) in [5, 5.41) is 3.27. The van der Waals surface area contributed by atoms with Gasteiger partial charge in [0.2, 0.25) is 10.0 Å². The van der Waals surface area contributed by atoms with Gasteiger partial charge in [-0.1, -0.05) is 40.9 Å². The zero-order valence-electron chi connectivity index (χ0n) is 17.2. The van der Waals surface area contributed by atoms with Crippen LogP contribution in [0, 0.1) is 6.92 Å². The Morgan fingerprint density at radius 2 is 1.87 bits per heavy atom. The van der Waals surface area contributed by atoms with Gasteiger partial charge in [0.1, 0.15) is 5.75 Å². The number of hydrogen-bond donors (Lipinski definition) is 1. The molecular formula is C22H23Cl2N3O3S. The summed E-state index contributed by atoms with van der Waals surface area (Å²) in [4.78, 5) is 0. The third-order valence-electron chi connectivity index (χ3n) is 6.26. The molecule has 2 aromatic carbocycles. The normalized spacial score (nSPS) is 23.0. The van der Waals surface area contributed by atoms with E-state index in [0.717, 1.165) is 28.1 Å². The summed E-state index contributed by atoms with van der Waals surface area (Å²) in [7, 11) is -3.24. The maximum absolute atomic E-state index is 12.0. The second-order valence-corrected chi connectivity index (χ2v) is 11.2. The predicted octanol–water partition coefficient (Wildman–Crippen LogP) is 4.35. The number of hydrazine groups is 1. The molecule has 3 heterocycles.